The molecule has 0 bridgehead atoms. The lowest BCUT2D eigenvalue weighted by molar-refractivity contribution is -0.246. The largest absolute Gasteiger partial charge is 0.379 e. The Balaban J connectivity index is 0.000000696. The van der Waals surface area contributed by atoms with Crippen LogP contribution in [0.2, 0.25) is 0 Å². The van der Waals surface area contributed by atoms with Gasteiger partial charge in [0.25, 0.3) is 5.92 Å². The van der Waals surface area contributed by atoms with Gasteiger partial charge in [-0.2, -0.15) is 17.6 Å². The van der Waals surface area contributed by atoms with Crippen LogP contribution >= 0.6 is 0 Å². The quantitative estimate of drug-likeness (QED) is 0.273. The van der Waals surface area contributed by atoms with Gasteiger partial charge in [-0.1, -0.05) is 0 Å². The molecule has 0 aromatic rings. The maximum Gasteiger partial charge on any atom is 0.319 e. The molecule has 296 valence electrons. The molecule has 0 saturated carbocycles. The molecular weight excluding hydrogens is 706 g/mol. The molecule has 0 spiro atoms. The zero-order chi connectivity index (χ0) is 33.8. The third kappa shape index (κ3) is 14.4. The molecule has 5 saturated heterocycles. The molecule has 5 rings (SSSR count). The van der Waals surface area contributed by atoms with Crippen molar-refractivity contribution in [2.75, 3.05) is 119 Å². The highest BCUT2D eigenvalue weighted by Gasteiger charge is 2.53. The molecule has 10 nitrogen and oxygen atoms in total. The summed E-state index contributed by atoms with van der Waals surface area (Å²) in [6.45, 7) is 3.70. The van der Waals surface area contributed by atoms with E-state index in [2.05, 4.69) is 0 Å². The molecule has 0 amide bonds. The maximum atomic E-state index is 13.8. The van der Waals surface area contributed by atoms with Crippen LogP contribution in [0.4, 0.5) is 53.6 Å². The summed E-state index contributed by atoms with van der Waals surface area (Å²) in [4.78, 5) is 3.27. The first kappa shape index (κ1) is 47.8. The van der Waals surface area contributed by atoms with Crippen molar-refractivity contribution in [3.8, 4) is 0 Å². The SMILES string of the molecule is CC(F)(F)C(F)N1CCOCC1.F.F.F.FC(N1CCOCC1)C(F)(F)C1COCCO1.FC(N1CCOCC1)C(F)(F)C1COCCO1. The van der Waals surface area contributed by atoms with Gasteiger partial charge in [-0.3, -0.25) is 28.8 Å². The summed E-state index contributed by atoms with van der Waals surface area (Å²) in [5.41, 5.74) is 0. The second kappa shape index (κ2) is 22.6. The summed E-state index contributed by atoms with van der Waals surface area (Å²) in [5.74, 6) is -10.4. The van der Waals surface area contributed by atoms with Crippen molar-refractivity contribution in [3.05, 3.63) is 0 Å². The van der Waals surface area contributed by atoms with Crippen molar-refractivity contribution < 1.29 is 86.8 Å². The van der Waals surface area contributed by atoms with Crippen LogP contribution in [-0.2, 0) is 33.2 Å². The highest BCUT2D eigenvalue weighted by molar-refractivity contribution is 4.89. The van der Waals surface area contributed by atoms with Gasteiger partial charge in [0.1, 0.15) is 12.2 Å². The number of halogens is 12. The predicted octanol–water partition coefficient (Wildman–Crippen LogP) is 3.06. The summed E-state index contributed by atoms with van der Waals surface area (Å²) in [6.07, 6.45) is -9.89. The summed E-state index contributed by atoms with van der Waals surface area (Å²) in [6, 6.07) is 0. The van der Waals surface area contributed by atoms with Gasteiger partial charge >= 0.3 is 11.8 Å². The van der Waals surface area contributed by atoms with Gasteiger partial charge in [0, 0.05) is 46.2 Å². The lowest BCUT2D eigenvalue weighted by Crippen LogP contribution is -2.57. The molecule has 0 aromatic carbocycles. The average Bonchev–Trinajstić information content (AvgIpc) is 3.09. The number of rotatable bonds is 8. The molecule has 0 N–H and O–H groups in total. The van der Waals surface area contributed by atoms with Gasteiger partial charge in [-0.05, 0) is 0 Å². The van der Waals surface area contributed by atoms with Gasteiger partial charge in [0.05, 0.1) is 79.3 Å². The van der Waals surface area contributed by atoms with Gasteiger partial charge in [-0.15, -0.1) is 0 Å². The summed E-state index contributed by atoms with van der Waals surface area (Å²) < 4.78 is 155. The Hall–Kier alpha value is -1.24. The Labute approximate surface area is 276 Å². The molecule has 0 aliphatic carbocycles. The average molecular weight is 754 g/mol. The fourth-order valence-electron chi connectivity index (χ4n) is 4.95. The van der Waals surface area contributed by atoms with Gasteiger partial charge in [-0.25, -0.2) is 22.0 Å². The standard InChI is InChI=1S/2C10H16F3NO3.C7H12F3NO.3FH/c2*11-9(14-1-3-15-4-2-14)10(12,13)8-7-16-5-6-17-8;1-7(9,10)6(8)11-2-4-12-5-3-11;;;/h2*8-9H,1-7H2;6H,2-5H2,1H3;3*1H. The molecule has 22 heteroatoms. The summed E-state index contributed by atoms with van der Waals surface area (Å²) in [5, 5.41) is 0. The van der Waals surface area contributed by atoms with E-state index in [1.165, 1.54) is 0 Å². The topological polar surface area (TPSA) is 74.3 Å². The van der Waals surface area contributed by atoms with Crippen molar-refractivity contribution in [1.82, 2.24) is 14.7 Å². The van der Waals surface area contributed by atoms with Gasteiger partial charge in [0.2, 0.25) is 18.9 Å². The van der Waals surface area contributed by atoms with Crippen LogP contribution in [-0.4, -0.2) is 182 Å². The van der Waals surface area contributed by atoms with Crippen LogP contribution in [0, 0.1) is 0 Å². The lowest BCUT2D eigenvalue weighted by Gasteiger charge is -2.38. The van der Waals surface area contributed by atoms with E-state index in [1.807, 2.05) is 0 Å². The second-order valence-electron chi connectivity index (χ2n) is 11.1. The minimum Gasteiger partial charge on any atom is -0.379 e. The molecule has 5 atom stereocenters. The molecule has 5 fully saturated rings. The first-order chi connectivity index (χ1) is 21.8. The maximum absolute atomic E-state index is 13.8. The first-order valence-electron chi connectivity index (χ1n) is 15.2. The number of morpholine rings is 3. The van der Waals surface area contributed by atoms with Gasteiger partial charge < -0.3 is 33.2 Å². The Morgan fingerprint density at radius 2 is 0.735 bits per heavy atom. The second-order valence-corrected chi connectivity index (χ2v) is 11.1. The first-order valence-corrected chi connectivity index (χ1v) is 15.2. The number of alkyl halides is 9. The Kier molecular flexibility index (Phi) is 22.1. The lowest BCUT2D eigenvalue weighted by atomic mass is 10.1. The summed E-state index contributed by atoms with van der Waals surface area (Å²) in [7, 11) is 0. The number of hydrogen-bond acceptors (Lipinski definition) is 10. The van der Waals surface area contributed by atoms with Crippen LogP contribution < -0.4 is 0 Å². The van der Waals surface area contributed by atoms with E-state index < -0.39 is 48.9 Å². The van der Waals surface area contributed by atoms with E-state index >= 15 is 0 Å². The fourth-order valence-corrected chi connectivity index (χ4v) is 4.95. The Bertz CT molecular complexity index is 795. The molecule has 5 aliphatic heterocycles. The van der Waals surface area contributed by atoms with Crippen molar-refractivity contribution in [3.63, 3.8) is 0 Å². The molecule has 0 aromatic heterocycles. The minimum atomic E-state index is -3.56. The third-order valence-electron chi connectivity index (χ3n) is 7.64. The van der Waals surface area contributed by atoms with E-state index in [0.29, 0.717) is 20.1 Å². The van der Waals surface area contributed by atoms with Crippen LogP contribution in [0.1, 0.15) is 6.92 Å². The molecule has 5 unspecified atom stereocenters. The zero-order valence-electron chi connectivity index (χ0n) is 26.9. The van der Waals surface area contributed by atoms with E-state index in [0.717, 1.165) is 14.7 Å². The Morgan fingerprint density at radius 1 is 0.449 bits per heavy atom. The third-order valence-corrected chi connectivity index (χ3v) is 7.64. The zero-order valence-corrected chi connectivity index (χ0v) is 26.9. The van der Waals surface area contributed by atoms with E-state index in [-0.39, 0.29) is 119 Å². The van der Waals surface area contributed by atoms with E-state index in [9.17, 15) is 39.5 Å². The molecule has 0 radical (unpaired) electrons. The highest BCUT2D eigenvalue weighted by atomic mass is 19.3. The predicted molar refractivity (Wildman–Crippen MR) is 151 cm³/mol. The van der Waals surface area contributed by atoms with E-state index in [1.54, 1.807) is 0 Å². The molecule has 5 aliphatic rings. The van der Waals surface area contributed by atoms with Crippen LogP contribution in [0.25, 0.3) is 0 Å². The van der Waals surface area contributed by atoms with Crippen LogP contribution in [0.5, 0.6) is 0 Å². The minimum absolute atomic E-state index is 0. The van der Waals surface area contributed by atoms with Crippen molar-refractivity contribution in [2.45, 2.75) is 55.8 Å². The van der Waals surface area contributed by atoms with Crippen molar-refractivity contribution >= 4 is 0 Å². The molecular formula is C27H47F12N3O7. The van der Waals surface area contributed by atoms with Crippen LogP contribution in [0.15, 0.2) is 0 Å². The van der Waals surface area contributed by atoms with Crippen LogP contribution in [0.3, 0.4) is 0 Å². The van der Waals surface area contributed by atoms with Crippen molar-refractivity contribution in [2.24, 2.45) is 0 Å². The number of hydrogen-bond donors (Lipinski definition) is 0. The normalized spacial score (nSPS) is 26.8. The summed E-state index contributed by atoms with van der Waals surface area (Å²) >= 11 is 0. The Morgan fingerprint density at radius 3 is 0.980 bits per heavy atom. The molecule has 49 heavy (non-hydrogen) atoms. The number of nitrogens with zero attached hydrogens (tertiary/aromatic N) is 3. The van der Waals surface area contributed by atoms with Gasteiger partial charge in [0.15, 0.2) is 0 Å². The van der Waals surface area contributed by atoms with E-state index in [4.69, 9.17) is 33.2 Å². The fraction of sp³-hybridized carbons (Fsp3) is 1.00. The monoisotopic (exact) mass is 753 g/mol. The van der Waals surface area contributed by atoms with Crippen molar-refractivity contribution in [1.29, 1.82) is 0 Å². The molecule has 5 heterocycles. The smallest absolute Gasteiger partial charge is 0.319 e. The number of ether oxygens (including phenoxy) is 7. The highest BCUT2D eigenvalue weighted by Crippen LogP contribution is 2.33.